The number of nitrogens with one attached hydrogen (secondary N) is 2. The lowest BCUT2D eigenvalue weighted by Crippen LogP contribution is -2.39. The molecule has 22 heavy (non-hydrogen) atoms. The van der Waals surface area contributed by atoms with Crippen LogP contribution in [0.5, 0.6) is 0 Å². The Morgan fingerprint density at radius 2 is 1.86 bits per heavy atom. The molecule has 1 aromatic carbocycles. The van der Waals surface area contributed by atoms with E-state index in [1.54, 1.807) is 0 Å². The largest absolute Gasteiger partial charge is 0.390 e. The van der Waals surface area contributed by atoms with Crippen LogP contribution in [0.4, 0.5) is 13.2 Å². The van der Waals surface area contributed by atoms with Gasteiger partial charge in [-0.1, -0.05) is 23.7 Å². The molecule has 0 heterocycles. The van der Waals surface area contributed by atoms with Crippen LogP contribution in [-0.2, 0) is 6.42 Å². The highest BCUT2D eigenvalue weighted by Gasteiger charge is 2.26. The molecule has 0 aliphatic rings. The Bertz CT molecular complexity index is 458. The van der Waals surface area contributed by atoms with Crippen LogP contribution in [0.2, 0.25) is 5.02 Å². The summed E-state index contributed by atoms with van der Waals surface area (Å²) in [6.07, 6.45) is -3.36. The summed E-state index contributed by atoms with van der Waals surface area (Å²) in [6.45, 7) is 2.85. The van der Waals surface area contributed by atoms with Gasteiger partial charge in [0.05, 0.1) is 6.42 Å². The monoisotopic (exact) mass is 335 g/mol. The molecule has 0 fully saturated rings. The number of aryl methyl sites for hydroxylation is 1. The molecule has 1 rings (SSSR count). The van der Waals surface area contributed by atoms with Gasteiger partial charge in [0.1, 0.15) is 0 Å². The van der Waals surface area contributed by atoms with Crippen LogP contribution >= 0.6 is 11.6 Å². The fourth-order valence-corrected chi connectivity index (χ4v) is 1.92. The van der Waals surface area contributed by atoms with Gasteiger partial charge in [0, 0.05) is 24.7 Å². The van der Waals surface area contributed by atoms with Crippen molar-refractivity contribution in [1.29, 1.82) is 0 Å². The molecular formula is C15H21ClF3N3. The van der Waals surface area contributed by atoms with Crippen molar-refractivity contribution in [1.82, 2.24) is 10.6 Å². The fraction of sp³-hybridized carbons (Fsp3) is 0.533. The molecule has 0 spiro atoms. The minimum atomic E-state index is -4.15. The Balaban J connectivity index is 2.33. The number of guanidine groups is 1. The van der Waals surface area contributed by atoms with Gasteiger partial charge in [-0.15, -0.1) is 0 Å². The average molecular weight is 336 g/mol. The minimum Gasteiger partial charge on any atom is -0.357 e. The number of hydrogen-bond acceptors (Lipinski definition) is 1. The normalized spacial score (nSPS) is 12.3. The van der Waals surface area contributed by atoms with Crippen LogP contribution in [0.3, 0.4) is 0 Å². The molecule has 0 saturated carbocycles. The van der Waals surface area contributed by atoms with Crippen LogP contribution in [0.25, 0.3) is 0 Å². The SMILES string of the molecule is CCNC(=NCCCc1ccc(Cl)cc1)NCCC(F)(F)F. The first-order valence-corrected chi connectivity index (χ1v) is 7.62. The second kappa shape index (κ2) is 9.56. The van der Waals surface area contributed by atoms with E-state index in [0.717, 1.165) is 18.4 Å². The predicted molar refractivity (Wildman–Crippen MR) is 84.4 cm³/mol. The molecule has 0 aliphatic carbocycles. The summed E-state index contributed by atoms with van der Waals surface area (Å²) in [7, 11) is 0. The molecule has 2 N–H and O–H groups in total. The lowest BCUT2D eigenvalue weighted by Gasteiger charge is -2.12. The number of rotatable bonds is 7. The summed E-state index contributed by atoms with van der Waals surface area (Å²) < 4.78 is 36.3. The molecule has 0 atom stereocenters. The summed E-state index contributed by atoms with van der Waals surface area (Å²) in [5.41, 5.74) is 1.16. The zero-order valence-electron chi connectivity index (χ0n) is 12.5. The molecule has 0 unspecified atom stereocenters. The van der Waals surface area contributed by atoms with Gasteiger partial charge in [-0.3, -0.25) is 4.99 Å². The molecule has 0 aromatic heterocycles. The lowest BCUT2D eigenvalue weighted by atomic mass is 10.1. The van der Waals surface area contributed by atoms with Crippen molar-refractivity contribution in [3.8, 4) is 0 Å². The van der Waals surface area contributed by atoms with E-state index in [1.807, 2.05) is 31.2 Å². The first-order chi connectivity index (χ1) is 10.4. The van der Waals surface area contributed by atoms with Crippen molar-refractivity contribution in [3.05, 3.63) is 34.9 Å². The minimum absolute atomic E-state index is 0.174. The van der Waals surface area contributed by atoms with Crippen LogP contribution in [0.1, 0.15) is 25.3 Å². The number of alkyl halides is 3. The standard InChI is InChI=1S/C15H21ClF3N3/c1-2-20-14(22-11-9-15(17,18)19)21-10-3-4-12-5-7-13(16)8-6-12/h5-8H,2-4,9-11H2,1H3,(H2,20,21,22). The van der Waals surface area contributed by atoms with Crippen LogP contribution in [-0.4, -0.2) is 31.8 Å². The quantitative estimate of drug-likeness (QED) is 0.452. The second-order valence-corrected chi connectivity index (χ2v) is 5.22. The first-order valence-electron chi connectivity index (χ1n) is 7.24. The third-order valence-corrected chi connectivity index (χ3v) is 3.10. The van der Waals surface area contributed by atoms with E-state index in [1.165, 1.54) is 0 Å². The Hall–Kier alpha value is -1.43. The summed E-state index contributed by atoms with van der Waals surface area (Å²) in [6, 6.07) is 7.59. The molecular weight excluding hydrogens is 315 g/mol. The molecule has 0 aliphatic heterocycles. The highest BCUT2D eigenvalue weighted by atomic mass is 35.5. The van der Waals surface area contributed by atoms with Crippen LogP contribution < -0.4 is 10.6 Å². The molecule has 1 aromatic rings. The fourth-order valence-electron chi connectivity index (χ4n) is 1.79. The number of halogens is 4. The zero-order valence-corrected chi connectivity index (χ0v) is 13.3. The highest BCUT2D eigenvalue weighted by molar-refractivity contribution is 6.30. The van der Waals surface area contributed by atoms with Gasteiger partial charge in [-0.05, 0) is 37.5 Å². The maximum Gasteiger partial charge on any atom is 0.390 e. The second-order valence-electron chi connectivity index (χ2n) is 4.78. The van der Waals surface area contributed by atoms with E-state index < -0.39 is 12.6 Å². The van der Waals surface area contributed by atoms with Crippen molar-refractivity contribution in [2.45, 2.75) is 32.4 Å². The zero-order chi connectivity index (χ0) is 16.4. The van der Waals surface area contributed by atoms with Gasteiger partial charge in [0.25, 0.3) is 0 Å². The summed E-state index contributed by atoms with van der Waals surface area (Å²) in [4.78, 5) is 4.27. The van der Waals surface area contributed by atoms with Crippen molar-refractivity contribution in [2.24, 2.45) is 4.99 Å². The van der Waals surface area contributed by atoms with Crippen molar-refractivity contribution < 1.29 is 13.2 Å². The van der Waals surface area contributed by atoms with Gasteiger partial charge >= 0.3 is 6.18 Å². The molecule has 7 heteroatoms. The highest BCUT2D eigenvalue weighted by Crippen LogP contribution is 2.18. The van der Waals surface area contributed by atoms with Gasteiger partial charge in [0.15, 0.2) is 5.96 Å². The number of nitrogens with zero attached hydrogens (tertiary/aromatic N) is 1. The van der Waals surface area contributed by atoms with Crippen molar-refractivity contribution in [2.75, 3.05) is 19.6 Å². The topological polar surface area (TPSA) is 36.4 Å². The van der Waals surface area contributed by atoms with Crippen molar-refractivity contribution in [3.63, 3.8) is 0 Å². The van der Waals surface area contributed by atoms with Gasteiger partial charge in [-0.25, -0.2) is 0 Å². The Labute approximate surface area is 134 Å². The van der Waals surface area contributed by atoms with E-state index in [-0.39, 0.29) is 6.54 Å². The summed E-state index contributed by atoms with van der Waals surface area (Å²) in [5, 5.41) is 6.31. The van der Waals surface area contributed by atoms with Crippen molar-refractivity contribution >= 4 is 17.6 Å². The van der Waals surface area contributed by atoms with E-state index in [4.69, 9.17) is 11.6 Å². The Morgan fingerprint density at radius 1 is 1.18 bits per heavy atom. The predicted octanol–water partition coefficient (Wildman–Crippen LogP) is 3.78. The number of aliphatic imine (C=N–C) groups is 1. The Morgan fingerprint density at radius 3 is 2.45 bits per heavy atom. The summed E-state index contributed by atoms with van der Waals surface area (Å²) >= 11 is 5.81. The van der Waals surface area contributed by atoms with Crippen LogP contribution in [0.15, 0.2) is 29.3 Å². The van der Waals surface area contributed by atoms with Gasteiger partial charge < -0.3 is 10.6 Å². The van der Waals surface area contributed by atoms with Gasteiger partial charge in [0.2, 0.25) is 0 Å². The Kier molecular flexibility index (Phi) is 8.09. The molecule has 124 valence electrons. The molecule has 0 saturated heterocycles. The molecule has 0 amide bonds. The number of hydrogen-bond donors (Lipinski definition) is 2. The average Bonchev–Trinajstić information content (AvgIpc) is 2.44. The molecule has 3 nitrogen and oxygen atoms in total. The lowest BCUT2D eigenvalue weighted by molar-refractivity contribution is -0.132. The maximum absolute atomic E-state index is 12.1. The van der Waals surface area contributed by atoms with E-state index in [9.17, 15) is 13.2 Å². The van der Waals surface area contributed by atoms with Gasteiger partial charge in [-0.2, -0.15) is 13.2 Å². The summed E-state index contributed by atoms with van der Waals surface area (Å²) in [5.74, 6) is 0.419. The number of benzene rings is 1. The third kappa shape index (κ3) is 8.77. The molecule has 0 radical (unpaired) electrons. The first kappa shape index (κ1) is 18.6. The smallest absolute Gasteiger partial charge is 0.357 e. The van der Waals surface area contributed by atoms with Crippen LogP contribution in [0, 0.1) is 0 Å². The van der Waals surface area contributed by atoms with E-state index >= 15 is 0 Å². The third-order valence-electron chi connectivity index (χ3n) is 2.85. The molecule has 0 bridgehead atoms. The van der Waals surface area contributed by atoms with E-state index in [2.05, 4.69) is 15.6 Å². The van der Waals surface area contributed by atoms with E-state index in [0.29, 0.717) is 24.1 Å². The maximum atomic E-state index is 12.1.